The van der Waals surface area contributed by atoms with E-state index in [-0.39, 0.29) is 0 Å². The summed E-state index contributed by atoms with van der Waals surface area (Å²) < 4.78 is 0. The number of nitrogens with two attached hydrogens (primary N) is 1. The second-order valence-electron chi connectivity index (χ2n) is 7.86. The fourth-order valence-corrected chi connectivity index (χ4v) is 3.15. The molecule has 1 unspecified atom stereocenters. The van der Waals surface area contributed by atoms with E-state index >= 15 is 0 Å². The Bertz CT molecular complexity index is 224. The molecule has 0 aromatic carbocycles. The van der Waals surface area contributed by atoms with E-state index in [1.54, 1.807) is 0 Å². The van der Waals surface area contributed by atoms with E-state index in [0.717, 1.165) is 19.4 Å². The van der Waals surface area contributed by atoms with Gasteiger partial charge in [-0.15, -0.1) is 0 Å². The molecule has 0 heterocycles. The summed E-state index contributed by atoms with van der Waals surface area (Å²) >= 11 is 0. The molecule has 1 atom stereocenters. The van der Waals surface area contributed by atoms with Crippen molar-refractivity contribution in [3.63, 3.8) is 0 Å². The lowest BCUT2D eigenvalue weighted by Crippen LogP contribution is -2.36. The summed E-state index contributed by atoms with van der Waals surface area (Å²) in [5, 5.41) is 3.63. The van der Waals surface area contributed by atoms with Crippen molar-refractivity contribution >= 4 is 0 Å². The van der Waals surface area contributed by atoms with Gasteiger partial charge in [0.1, 0.15) is 0 Å². The maximum atomic E-state index is 6.17. The van der Waals surface area contributed by atoms with Crippen LogP contribution in [-0.4, -0.2) is 19.1 Å². The smallest absolute Gasteiger partial charge is 0.00558 e. The Balaban J connectivity index is 2.10. The Kier molecular flexibility index (Phi) is 6.13. The number of rotatable bonds is 6. The molecular formula is C16H34N2. The highest BCUT2D eigenvalue weighted by atomic mass is 14.9. The molecule has 1 rings (SSSR count). The van der Waals surface area contributed by atoms with E-state index in [1.165, 1.54) is 38.6 Å². The Morgan fingerprint density at radius 3 is 2.33 bits per heavy atom. The number of hydrogen-bond donors (Lipinski definition) is 2. The molecule has 0 aromatic rings. The van der Waals surface area contributed by atoms with Crippen LogP contribution in [0.5, 0.6) is 0 Å². The van der Waals surface area contributed by atoms with Crippen LogP contribution in [0, 0.1) is 10.8 Å². The summed E-state index contributed by atoms with van der Waals surface area (Å²) in [6.45, 7) is 11.5. The maximum absolute atomic E-state index is 6.17. The third kappa shape index (κ3) is 6.75. The molecule has 108 valence electrons. The van der Waals surface area contributed by atoms with Crippen molar-refractivity contribution in [2.45, 2.75) is 78.7 Å². The third-order valence-electron chi connectivity index (χ3n) is 4.18. The van der Waals surface area contributed by atoms with Gasteiger partial charge >= 0.3 is 0 Å². The van der Waals surface area contributed by atoms with Gasteiger partial charge in [0.15, 0.2) is 0 Å². The zero-order valence-electron chi connectivity index (χ0n) is 13.0. The molecular weight excluding hydrogens is 220 g/mol. The van der Waals surface area contributed by atoms with Crippen molar-refractivity contribution in [3.05, 3.63) is 0 Å². The van der Waals surface area contributed by atoms with Crippen LogP contribution < -0.4 is 11.1 Å². The Morgan fingerprint density at radius 1 is 1.17 bits per heavy atom. The molecule has 1 fully saturated rings. The van der Waals surface area contributed by atoms with Crippen LogP contribution in [0.2, 0.25) is 0 Å². The Hall–Kier alpha value is -0.0800. The summed E-state index contributed by atoms with van der Waals surface area (Å²) in [5.41, 5.74) is 7.08. The van der Waals surface area contributed by atoms with E-state index in [2.05, 4.69) is 33.0 Å². The minimum Gasteiger partial charge on any atom is -0.328 e. The van der Waals surface area contributed by atoms with Crippen LogP contribution in [0.1, 0.15) is 72.6 Å². The normalized spacial score (nSPS) is 21.8. The standard InChI is InChI=1S/C16H34N2/c1-15(2,3)12-14(17)8-11-18-13-16(4)9-6-5-7-10-16/h14,18H,5-13,17H2,1-4H3. The molecule has 18 heavy (non-hydrogen) atoms. The Morgan fingerprint density at radius 2 is 1.78 bits per heavy atom. The molecule has 3 N–H and O–H groups in total. The maximum Gasteiger partial charge on any atom is 0.00558 e. The average Bonchev–Trinajstić information content (AvgIpc) is 2.23. The molecule has 0 aromatic heterocycles. The molecule has 0 amide bonds. The minimum absolute atomic E-state index is 0.344. The molecule has 0 aliphatic heterocycles. The van der Waals surface area contributed by atoms with Crippen LogP contribution in [-0.2, 0) is 0 Å². The van der Waals surface area contributed by atoms with Crippen molar-refractivity contribution in [1.82, 2.24) is 5.32 Å². The molecule has 1 aliphatic rings. The fourth-order valence-electron chi connectivity index (χ4n) is 3.15. The highest BCUT2D eigenvalue weighted by Gasteiger charge is 2.26. The lowest BCUT2D eigenvalue weighted by atomic mass is 9.76. The fraction of sp³-hybridized carbons (Fsp3) is 1.00. The SMILES string of the molecule is CC(C)(C)CC(N)CCNCC1(C)CCCCC1. The lowest BCUT2D eigenvalue weighted by molar-refractivity contribution is 0.206. The third-order valence-corrected chi connectivity index (χ3v) is 4.18. The molecule has 0 saturated heterocycles. The van der Waals surface area contributed by atoms with Gasteiger partial charge in [-0.05, 0) is 43.1 Å². The van der Waals surface area contributed by atoms with E-state index in [0.29, 0.717) is 16.9 Å². The highest BCUT2D eigenvalue weighted by molar-refractivity contribution is 4.81. The summed E-state index contributed by atoms with van der Waals surface area (Å²) in [6, 6.07) is 0.344. The molecule has 1 aliphatic carbocycles. The first-order valence-electron chi connectivity index (χ1n) is 7.77. The van der Waals surface area contributed by atoms with Gasteiger partial charge in [0.2, 0.25) is 0 Å². The molecule has 0 radical (unpaired) electrons. The van der Waals surface area contributed by atoms with Crippen molar-refractivity contribution in [3.8, 4) is 0 Å². The molecule has 1 saturated carbocycles. The first-order chi connectivity index (χ1) is 8.31. The van der Waals surface area contributed by atoms with Crippen molar-refractivity contribution in [1.29, 1.82) is 0 Å². The predicted octanol–water partition coefficient (Wildman–Crippen LogP) is 3.70. The van der Waals surface area contributed by atoms with Gasteiger partial charge < -0.3 is 11.1 Å². The molecule has 0 bridgehead atoms. The number of nitrogens with one attached hydrogen (secondary N) is 1. The van der Waals surface area contributed by atoms with Crippen molar-refractivity contribution in [2.24, 2.45) is 16.6 Å². The van der Waals surface area contributed by atoms with Crippen LogP contribution in [0.25, 0.3) is 0 Å². The van der Waals surface area contributed by atoms with Gasteiger partial charge in [-0.25, -0.2) is 0 Å². The van der Waals surface area contributed by atoms with E-state index < -0.39 is 0 Å². The van der Waals surface area contributed by atoms with Gasteiger partial charge in [-0.1, -0.05) is 47.0 Å². The second kappa shape index (κ2) is 6.91. The Labute approximate surface area is 114 Å². The predicted molar refractivity (Wildman–Crippen MR) is 80.7 cm³/mol. The van der Waals surface area contributed by atoms with E-state index in [9.17, 15) is 0 Å². The van der Waals surface area contributed by atoms with Crippen LogP contribution in [0.3, 0.4) is 0 Å². The zero-order valence-corrected chi connectivity index (χ0v) is 13.0. The summed E-state index contributed by atoms with van der Waals surface area (Å²) in [7, 11) is 0. The van der Waals surface area contributed by atoms with Gasteiger partial charge in [-0.3, -0.25) is 0 Å². The zero-order chi connectivity index (χ0) is 13.6. The number of hydrogen-bond acceptors (Lipinski definition) is 2. The van der Waals surface area contributed by atoms with Crippen LogP contribution in [0.4, 0.5) is 0 Å². The minimum atomic E-state index is 0.344. The second-order valence-corrected chi connectivity index (χ2v) is 7.86. The molecule has 2 nitrogen and oxygen atoms in total. The van der Waals surface area contributed by atoms with Crippen LogP contribution >= 0.6 is 0 Å². The lowest BCUT2D eigenvalue weighted by Gasteiger charge is -2.34. The van der Waals surface area contributed by atoms with Gasteiger partial charge in [-0.2, -0.15) is 0 Å². The average molecular weight is 254 g/mol. The van der Waals surface area contributed by atoms with Gasteiger partial charge in [0, 0.05) is 12.6 Å². The highest BCUT2D eigenvalue weighted by Crippen LogP contribution is 2.34. The first-order valence-corrected chi connectivity index (χ1v) is 7.77. The summed E-state index contributed by atoms with van der Waals surface area (Å²) in [6.07, 6.45) is 9.29. The van der Waals surface area contributed by atoms with E-state index in [4.69, 9.17) is 5.73 Å². The van der Waals surface area contributed by atoms with Crippen molar-refractivity contribution in [2.75, 3.05) is 13.1 Å². The monoisotopic (exact) mass is 254 g/mol. The molecule has 2 heteroatoms. The molecule has 0 spiro atoms. The summed E-state index contributed by atoms with van der Waals surface area (Å²) in [5.74, 6) is 0. The van der Waals surface area contributed by atoms with Crippen molar-refractivity contribution < 1.29 is 0 Å². The largest absolute Gasteiger partial charge is 0.328 e. The van der Waals surface area contributed by atoms with Gasteiger partial charge in [0.25, 0.3) is 0 Å². The topological polar surface area (TPSA) is 38.0 Å². The quantitative estimate of drug-likeness (QED) is 0.709. The van der Waals surface area contributed by atoms with E-state index in [1.807, 2.05) is 0 Å². The van der Waals surface area contributed by atoms with Crippen LogP contribution in [0.15, 0.2) is 0 Å². The summed E-state index contributed by atoms with van der Waals surface area (Å²) in [4.78, 5) is 0. The first kappa shape index (κ1) is 16.0. The van der Waals surface area contributed by atoms with Gasteiger partial charge in [0.05, 0.1) is 0 Å².